The second kappa shape index (κ2) is 6.91. The van der Waals surface area contributed by atoms with Crippen LogP contribution in [-0.4, -0.2) is 26.2 Å². The van der Waals surface area contributed by atoms with E-state index < -0.39 is 0 Å². The Hall–Kier alpha value is -2.07. The number of benzene rings is 2. The largest absolute Gasteiger partial charge is 0.338 e. The number of rotatable bonds is 5. The Morgan fingerprint density at radius 2 is 1.85 bits per heavy atom. The molecule has 4 heteroatoms. The smallest absolute Gasteiger partial charge is 0.319 e. The van der Waals surface area contributed by atoms with E-state index in [1.807, 2.05) is 49.5 Å². The summed E-state index contributed by atoms with van der Waals surface area (Å²) in [5, 5.41) is 11.1. The van der Waals surface area contributed by atoms with Gasteiger partial charge in [-0.2, -0.15) is 0 Å². The molecule has 106 valence electrons. The zero-order valence-electron chi connectivity index (χ0n) is 11.9. The first kappa shape index (κ1) is 14.3. The molecule has 2 amide bonds. The van der Waals surface area contributed by atoms with E-state index in [4.69, 9.17) is 0 Å². The van der Waals surface area contributed by atoms with Crippen LogP contribution < -0.4 is 16.0 Å². The van der Waals surface area contributed by atoms with Crippen molar-refractivity contribution >= 4 is 22.5 Å². The van der Waals surface area contributed by atoms with E-state index in [-0.39, 0.29) is 6.03 Å². The highest BCUT2D eigenvalue weighted by molar-refractivity contribution is 6.01. The lowest BCUT2D eigenvalue weighted by Crippen LogP contribution is -2.35. The Balaban J connectivity index is 1.99. The Morgan fingerprint density at radius 1 is 1.10 bits per heavy atom. The van der Waals surface area contributed by atoms with Gasteiger partial charge in [0.05, 0.1) is 5.69 Å². The van der Waals surface area contributed by atoms with Crippen LogP contribution in [0.25, 0.3) is 10.8 Å². The summed E-state index contributed by atoms with van der Waals surface area (Å²) in [7, 11) is 1.91. The highest BCUT2D eigenvalue weighted by Gasteiger charge is 2.06. The third-order valence-electron chi connectivity index (χ3n) is 3.20. The summed E-state index contributed by atoms with van der Waals surface area (Å²) in [4.78, 5) is 11.9. The minimum atomic E-state index is -0.163. The molecule has 0 aliphatic rings. The highest BCUT2D eigenvalue weighted by Crippen LogP contribution is 2.22. The van der Waals surface area contributed by atoms with Crippen LogP contribution in [0, 0.1) is 5.92 Å². The first-order valence-electron chi connectivity index (χ1n) is 6.88. The van der Waals surface area contributed by atoms with Gasteiger partial charge in [0.25, 0.3) is 0 Å². The first-order valence-corrected chi connectivity index (χ1v) is 6.88. The lowest BCUT2D eigenvalue weighted by molar-refractivity contribution is 0.250. The van der Waals surface area contributed by atoms with Crippen molar-refractivity contribution in [3.8, 4) is 0 Å². The Kier molecular flexibility index (Phi) is 4.96. The fraction of sp³-hybridized carbons (Fsp3) is 0.312. The lowest BCUT2D eigenvalue weighted by atomic mass is 10.1. The van der Waals surface area contributed by atoms with Crippen LogP contribution in [0.4, 0.5) is 10.5 Å². The zero-order valence-corrected chi connectivity index (χ0v) is 11.9. The first-order chi connectivity index (χ1) is 9.70. The maximum absolute atomic E-state index is 11.9. The number of carbonyl (C=O) groups is 1. The number of fused-ring (bicyclic) bond motifs is 1. The predicted molar refractivity (Wildman–Crippen MR) is 84.1 cm³/mol. The molecule has 0 aliphatic heterocycles. The average molecular weight is 271 g/mol. The van der Waals surface area contributed by atoms with Crippen molar-refractivity contribution in [2.75, 3.05) is 25.5 Å². The fourth-order valence-electron chi connectivity index (χ4n) is 2.19. The van der Waals surface area contributed by atoms with Gasteiger partial charge in [0.15, 0.2) is 0 Å². The molecule has 0 bridgehead atoms. The number of hydrogen-bond donors (Lipinski definition) is 3. The Bertz CT molecular complexity index is 577. The van der Waals surface area contributed by atoms with E-state index in [1.54, 1.807) is 0 Å². The topological polar surface area (TPSA) is 53.2 Å². The fourth-order valence-corrected chi connectivity index (χ4v) is 2.19. The maximum Gasteiger partial charge on any atom is 0.319 e. The van der Waals surface area contributed by atoms with E-state index in [0.717, 1.165) is 23.0 Å². The van der Waals surface area contributed by atoms with E-state index in [9.17, 15) is 4.79 Å². The van der Waals surface area contributed by atoms with Crippen LogP contribution in [0.1, 0.15) is 6.92 Å². The van der Waals surface area contributed by atoms with E-state index in [0.29, 0.717) is 12.5 Å². The molecule has 2 rings (SSSR count). The Morgan fingerprint density at radius 3 is 2.65 bits per heavy atom. The van der Waals surface area contributed by atoms with Crippen LogP contribution in [0.15, 0.2) is 42.5 Å². The molecule has 0 aliphatic carbocycles. The number of urea groups is 1. The summed E-state index contributed by atoms with van der Waals surface area (Å²) < 4.78 is 0. The van der Waals surface area contributed by atoms with Crippen molar-refractivity contribution < 1.29 is 4.79 Å². The number of anilines is 1. The second-order valence-electron chi connectivity index (χ2n) is 5.02. The summed E-state index contributed by atoms with van der Waals surface area (Å²) in [6, 6.07) is 13.7. The molecule has 1 atom stereocenters. The highest BCUT2D eigenvalue weighted by atomic mass is 16.2. The van der Waals surface area contributed by atoms with Gasteiger partial charge < -0.3 is 16.0 Å². The van der Waals surface area contributed by atoms with Crippen molar-refractivity contribution in [2.24, 2.45) is 5.92 Å². The number of carbonyl (C=O) groups excluding carboxylic acids is 1. The van der Waals surface area contributed by atoms with Crippen molar-refractivity contribution in [1.82, 2.24) is 10.6 Å². The molecular formula is C16H21N3O. The van der Waals surface area contributed by atoms with Gasteiger partial charge in [-0.05, 0) is 31.0 Å². The van der Waals surface area contributed by atoms with E-state index in [2.05, 4.69) is 22.9 Å². The lowest BCUT2D eigenvalue weighted by Gasteiger charge is -2.13. The molecule has 0 spiro atoms. The molecule has 1 unspecified atom stereocenters. The second-order valence-corrected chi connectivity index (χ2v) is 5.02. The van der Waals surface area contributed by atoms with Crippen molar-refractivity contribution in [2.45, 2.75) is 6.92 Å². The average Bonchev–Trinajstić information content (AvgIpc) is 2.46. The van der Waals surface area contributed by atoms with Gasteiger partial charge in [-0.3, -0.25) is 0 Å². The van der Waals surface area contributed by atoms with Crippen LogP contribution in [0.2, 0.25) is 0 Å². The number of hydrogen-bond acceptors (Lipinski definition) is 2. The quantitative estimate of drug-likeness (QED) is 0.783. The molecule has 0 aromatic heterocycles. The molecule has 3 N–H and O–H groups in total. The summed E-state index contributed by atoms with van der Waals surface area (Å²) >= 11 is 0. The third-order valence-corrected chi connectivity index (χ3v) is 3.20. The molecular weight excluding hydrogens is 250 g/mol. The predicted octanol–water partition coefficient (Wildman–Crippen LogP) is 2.82. The SMILES string of the molecule is CNCC(C)CNC(=O)Nc1cccc2ccccc12. The maximum atomic E-state index is 11.9. The molecule has 20 heavy (non-hydrogen) atoms. The van der Waals surface area contributed by atoms with E-state index >= 15 is 0 Å². The van der Waals surface area contributed by atoms with Gasteiger partial charge in [-0.1, -0.05) is 43.3 Å². The third kappa shape index (κ3) is 3.71. The molecule has 4 nitrogen and oxygen atoms in total. The van der Waals surface area contributed by atoms with Gasteiger partial charge in [0, 0.05) is 11.9 Å². The van der Waals surface area contributed by atoms with Crippen molar-refractivity contribution in [1.29, 1.82) is 0 Å². The minimum absolute atomic E-state index is 0.163. The number of amides is 2. The van der Waals surface area contributed by atoms with Crippen LogP contribution in [0.3, 0.4) is 0 Å². The molecule has 2 aromatic carbocycles. The van der Waals surface area contributed by atoms with Gasteiger partial charge in [-0.15, -0.1) is 0 Å². The van der Waals surface area contributed by atoms with Gasteiger partial charge in [0.1, 0.15) is 0 Å². The van der Waals surface area contributed by atoms with Gasteiger partial charge >= 0.3 is 6.03 Å². The monoisotopic (exact) mass is 271 g/mol. The van der Waals surface area contributed by atoms with Crippen LogP contribution in [-0.2, 0) is 0 Å². The summed E-state index contributed by atoms with van der Waals surface area (Å²) in [5.74, 6) is 0.401. The molecule has 0 heterocycles. The van der Waals surface area contributed by atoms with Crippen LogP contribution >= 0.6 is 0 Å². The van der Waals surface area contributed by atoms with E-state index in [1.165, 1.54) is 0 Å². The Labute approximate surface area is 119 Å². The van der Waals surface area contributed by atoms with Crippen LogP contribution in [0.5, 0.6) is 0 Å². The standard InChI is InChI=1S/C16H21N3O/c1-12(10-17-2)11-18-16(20)19-15-9-5-7-13-6-3-4-8-14(13)15/h3-9,12,17H,10-11H2,1-2H3,(H2,18,19,20). The normalized spacial score (nSPS) is 12.1. The summed E-state index contributed by atoms with van der Waals surface area (Å²) in [6.07, 6.45) is 0. The minimum Gasteiger partial charge on any atom is -0.338 e. The summed E-state index contributed by atoms with van der Waals surface area (Å²) in [5.41, 5.74) is 0.835. The molecule has 2 aromatic rings. The summed E-state index contributed by atoms with van der Waals surface area (Å²) in [6.45, 7) is 3.63. The molecule has 0 radical (unpaired) electrons. The van der Waals surface area contributed by atoms with Gasteiger partial charge in [0.2, 0.25) is 0 Å². The van der Waals surface area contributed by atoms with Gasteiger partial charge in [-0.25, -0.2) is 4.79 Å². The molecule has 0 saturated carbocycles. The molecule has 0 fully saturated rings. The van der Waals surface area contributed by atoms with Crippen molar-refractivity contribution in [3.05, 3.63) is 42.5 Å². The van der Waals surface area contributed by atoms with Crippen molar-refractivity contribution in [3.63, 3.8) is 0 Å². The number of nitrogens with one attached hydrogen (secondary N) is 3. The molecule has 0 saturated heterocycles. The zero-order chi connectivity index (χ0) is 14.4.